The molecule has 0 amide bonds. The molecule has 2 aliphatic heterocycles. The Morgan fingerprint density at radius 1 is 1.39 bits per heavy atom. The molecule has 1 atom stereocenters. The monoisotopic (exact) mass is 428 g/mol. The number of hydrogen-bond acceptors (Lipinski definition) is 5. The van der Waals surface area contributed by atoms with Crippen LogP contribution in [-0.4, -0.2) is 42.3 Å². The van der Waals surface area contributed by atoms with Gasteiger partial charge in [-0.15, -0.1) is 0 Å². The first-order valence-corrected chi connectivity index (χ1v) is 10.6. The van der Waals surface area contributed by atoms with Gasteiger partial charge in [-0.3, -0.25) is 0 Å². The number of fused-ring (bicyclic) bond motifs is 3. The van der Waals surface area contributed by atoms with Crippen molar-refractivity contribution in [3.8, 4) is 5.75 Å². The van der Waals surface area contributed by atoms with Crippen LogP contribution in [-0.2, 0) is 16.0 Å². The lowest BCUT2D eigenvalue weighted by molar-refractivity contribution is -0.612. The summed E-state index contributed by atoms with van der Waals surface area (Å²) in [6.07, 6.45) is 5.12. The molecule has 0 bridgehead atoms. The lowest BCUT2D eigenvalue weighted by Gasteiger charge is -2.45. The number of rotatable bonds is 7. The van der Waals surface area contributed by atoms with Crippen molar-refractivity contribution in [2.45, 2.75) is 53.0 Å². The van der Waals surface area contributed by atoms with Crippen LogP contribution >= 0.6 is 0 Å². The van der Waals surface area contributed by atoms with Gasteiger partial charge in [-0.05, 0) is 24.5 Å². The van der Waals surface area contributed by atoms with Gasteiger partial charge in [0, 0.05) is 56.4 Å². The molecule has 2 aliphatic rings. The number of aromatic nitrogens is 1. The lowest BCUT2D eigenvalue weighted by Crippen LogP contribution is -2.50. The first kappa shape index (κ1) is 22.9. The van der Waals surface area contributed by atoms with Crippen LogP contribution in [0.3, 0.4) is 0 Å². The van der Waals surface area contributed by atoms with Gasteiger partial charge in [-0.2, -0.15) is 4.73 Å². The van der Waals surface area contributed by atoms with Gasteiger partial charge in [0.15, 0.2) is 5.75 Å². The van der Waals surface area contributed by atoms with E-state index in [-0.39, 0.29) is 17.9 Å². The number of carbonyl (C=O) groups is 1. The van der Waals surface area contributed by atoms with Crippen LogP contribution in [0.25, 0.3) is 11.3 Å². The Morgan fingerprint density at radius 3 is 2.68 bits per heavy atom. The summed E-state index contributed by atoms with van der Waals surface area (Å²) >= 11 is 0. The van der Waals surface area contributed by atoms with E-state index in [2.05, 4.69) is 27.4 Å². The second-order valence-electron chi connectivity index (χ2n) is 9.25. The van der Waals surface area contributed by atoms with E-state index in [0.29, 0.717) is 54.3 Å². The quantitative estimate of drug-likeness (QED) is 0.404. The first-order valence-electron chi connectivity index (χ1n) is 10.6. The minimum absolute atomic E-state index is 0.00193. The molecule has 0 spiro atoms. The zero-order valence-electron chi connectivity index (χ0n) is 19.0. The maximum Gasteiger partial charge on any atom is 0.333 e. The minimum Gasteiger partial charge on any atom is -0.618 e. The highest BCUT2D eigenvalue weighted by Gasteiger charge is 2.42. The van der Waals surface area contributed by atoms with Crippen LogP contribution in [0.1, 0.15) is 57.5 Å². The van der Waals surface area contributed by atoms with Gasteiger partial charge < -0.3 is 24.7 Å². The third kappa shape index (κ3) is 4.46. The average molecular weight is 429 g/mol. The number of nitrogens with zero attached hydrogens (tertiary/aromatic N) is 2. The number of methoxy groups -OCH3 is 1. The molecule has 3 rings (SSSR count). The molecular weight excluding hydrogens is 396 g/mol. The molecule has 1 aromatic rings. The topological polar surface area (TPSA) is 85.9 Å². The van der Waals surface area contributed by atoms with E-state index >= 15 is 0 Å². The molecule has 0 saturated carbocycles. The second kappa shape index (κ2) is 8.75. The van der Waals surface area contributed by atoms with Gasteiger partial charge in [0.2, 0.25) is 5.69 Å². The number of allylic oxidation sites excluding steroid dienone is 2. The fraction of sp³-hybridized carbons (Fsp3) is 0.500. The van der Waals surface area contributed by atoms with Crippen molar-refractivity contribution >= 4 is 17.2 Å². The molecule has 0 fully saturated rings. The van der Waals surface area contributed by atoms with Gasteiger partial charge in [-0.25, -0.2) is 4.79 Å². The van der Waals surface area contributed by atoms with E-state index in [1.807, 2.05) is 17.0 Å². The third-order valence-corrected chi connectivity index (χ3v) is 5.76. The summed E-state index contributed by atoms with van der Waals surface area (Å²) in [4.78, 5) is 13.6. The fourth-order valence-corrected chi connectivity index (χ4v) is 4.19. The molecule has 1 unspecified atom stereocenters. The smallest absolute Gasteiger partial charge is 0.333 e. The SMILES string of the molecule is C=C(C)c1c(OCCCOC)cc2c([n+]1[O-])C1=CCC(C(=O)O)=CN1C(C(C)(C)C)C2. The molecule has 7 nitrogen and oxygen atoms in total. The van der Waals surface area contributed by atoms with E-state index in [9.17, 15) is 15.1 Å². The van der Waals surface area contributed by atoms with Crippen LogP contribution < -0.4 is 9.47 Å². The van der Waals surface area contributed by atoms with Crippen molar-refractivity contribution in [1.82, 2.24) is 4.90 Å². The third-order valence-electron chi connectivity index (χ3n) is 5.76. The zero-order chi connectivity index (χ0) is 22.9. The molecule has 31 heavy (non-hydrogen) atoms. The van der Waals surface area contributed by atoms with Crippen molar-refractivity contribution in [3.05, 3.63) is 52.7 Å². The highest BCUT2D eigenvalue weighted by Crippen LogP contribution is 2.42. The van der Waals surface area contributed by atoms with Crippen molar-refractivity contribution in [3.63, 3.8) is 0 Å². The van der Waals surface area contributed by atoms with E-state index in [1.54, 1.807) is 20.2 Å². The summed E-state index contributed by atoms with van der Waals surface area (Å²) in [6.45, 7) is 13.2. The van der Waals surface area contributed by atoms with Crippen LogP contribution in [0, 0.1) is 10.6 Å². The molecule has 0 aromatic carbocycles. The van der Waals surface area contributed by atoms with E-state index in [1.165, 1.54) is 0 Å². The molecule has 0 saturated heterocycles. The van der Waals surface area contributed by atoms with E-state index in [0.717, 1.165) is 16.0 Å². The van der Waals surface area contributed by atoms with E-state index < -0.39 is 5.97 Å². The molecule has 0 aliphatic carbocycles. The Morgan fingerprint density at radius 2 is 2.10 bits per heavy atom. The van der Waals surface area contributed by atoms with Gasteiger partial charge in [0.05, 0.1) is 12.2 Å². The summed E-state index contributed by atoms with van der Waals surface area (Å²) in [6, 6.07) is 1.95. The number of hydrogen-bond donors (Lipinski definition) is 1. The fourth-order valence-electron chi connectivity index (χ4n) is 4.19. The standard InChI is InChI=1S/C24H32N2O5/c1-15(2)21-19(31-11-7-10-30-6)12-17-13-20(24(3,4)5)25-14-16(23(27)28)8-9-18(25)22(17)26(21)29/h9,12,14,20H,1,7-8,10-11,13H2,2-6H3,(H,27,28). The predicted octanol–water partition coefficient (Wildman–Crippen LogP) is 3.75. The van der Waals surface area contributed by atoms with Gasteiger partial charge >= 0.3 is 5.97 Å². The Balaban J connectivity index is 2.13. The lowest BCUT2D eigenvalue weighted by atomic mass is 9.78. The first-order chi connectivity index (χ1) is 14.6. The maximum absolute atomic E-state index is 13.5. The average Bonchev–Trinajstić information content (AvgIpc) is 2.68. The summed E-state index contributed by atoms with van der Waals surface area (Å²) in [5, 5.41) is 23.1. The van der Waals surface area contributed by atoms with Crippen LogP contribution in [0.5, 0.6) is 5.75 Å². The Kier molecular flexibility index (Phi) is 6.46. The molecule has 0 radical (unpaired) electrons. The zero-order valence-corrected chi connectivity index (χ0v) is 19.0. The van der Waals surface area contributed by atoms with Gasteiger partial charge in [0.1, 0.15) is 5.70 Å². The van der Waals surface area contributed by atoms with Crippen molar-refractivity contribution < 1.29 is 24.1 Å². The molecule has 1 aromatic heterocycles. The molecule has 1 N–H and O–H groups in total. The summed E-state index contributed by atoms with van der Waals surface area (Å²) in [5.74, 6) is -0.414. The summed E-state index contributed by atoms with van der Waals surface area (Å²) in [7, 11) is 1.64. The molecule has 168 valence electrons. The second-order valence-corrected chi connectivity index (χ2v) is 9.25. The number of pyridine rings is 1. The Bertz CT molecular complexity index is 956. The molecule has 7 heteroatoms. The largest absolute Gasteiger partial charge is 0.618 e. The van der Waals surface area contributed by atoms with Crippen LogP contribution in [0.15, 0.2) is 30.5 Å². The number of carboxylic acids is 1. The van der Waals surface area contributed by atoms with Crippen molar-refractivity contribution in [1.29, 1.82) is 0 Å². The van der Waals surface area contributed by atoms with Crippen LogP contribution in [0.4, 0.5) is 0 Å². The predicted molar refractivity (Wildman–Crippen MR) is 119 cm³/mol. The van der Waals surface area contributed by atoms with Gasteiger partial charge in [-0.1, -0.05) is 27.4 Å². The van der Waals surface area contributed by atoms with Crippen molar-refractivity contribution in [2.75, 3.05) is 20.3 Å². The van der Waals surface area contributed by atoms with Crippen LogP contribution in [0.2, 0.25) is 0 Å². The highest BCUT2D eigenvalue weighted by molar-refractivity contribution is 5.88. The number of carboxylic acid groups (broad SMARTS) is 1. The molecule has 3 heterocycles. The number of aliphatic carboxylic acids is 1. The summed E-state index contributed by atoms with van der Waals surface area (Å²) in [5.41, 5.74) is 3.38. The Labute approximate surface area is 183 Å². The molecular formula is C24H32N2O5. The normalized spacial score (nSPS) is 18.0. The Hall–Kier alpha value is -2.80. The minimum atomic E-state index is -0.939. The number of ether oxygens (including phenoxy) is 2. The van der Waals surface area contributed by atoms with E-state index in [4.69, 9.17) is 9.47 Å². The van der Waals surface area contributed by atoms with Gasteiger partial charge in [0.25, 0.3) is 5.69 Å². The summed E-state index contributed by atoms with van der Waals surface area (Å²) < 4.78 is 12.0. The van der Waals surface area contributed by atoms with Crippen molar-refractivity contribution in [2.24, 2.45) is 5.41 Å². The highest BCUT2D eigenvalue weighted by atomic mass is 16.5. The maximum atomic E-state index is 13.5.